The molecule has 4 nitrogen and oxygen atoms in total. The predicted molar refractivity (Wildman–Crippen MR) is 107 cm³/mol. The van der Waals surface area contributed by atoms with Gasteiger partial charge in [0.1, 0.15) is 0 Å². The van der Waals surface area contributed by atoms with Gasteiger partial charge in [-0.1, -0.05) is 84.9 Å². The molecule has 0 bridgehead atoms. The van der Waals surface area contributed by atoms with E-state index in [4.69, 9.17) is 0 Å². The Balaban J connectivity index is 1.87. The zero-order valence-corrected chi connectivity index (χ0v) is 14.7. The highest BCUT2D eigenvalue weighted by atomic mass is 16.6. The molecule has 0 saturated carbocycles. The van der Waals surface area contributed by atoms with Gasteiger partial charge in [0.2, 0.25) is 0 Å². The molecule has 3 aromatic carbocycles. The number of ketones is 1. The molecule has 0 amide bonds. The molecular formula is C23H19NO3. The summed E-state index contributed by atoms with van der Waals surface area (Å²) in [5, 5.41) is 10.9. The number of carbonyl (C=O) groups excluding carboxylic acids is 1. The van der Waals surface area contributed by atoms with Crippen molar-refractivity contribution in [3.63, 3.8) is 0 Å². The minimum absolute atomic E-state index is 0.0386. The highest BCUT2D eigenvalue weighted by Crippen LogP contribution is 2.26. The highest BCUT2D eigenvalue weighted by Gasteiger charge is 2.16. The molecule has 27 heavy (non-hydrogen) atoms. The fraction of sp³-hybridized carbons (Fsp3) is 0.0870. The average molecular weight is 357 g/mol. The van der Waals surface area contributed by atoms with Crippen molar-refractivity contribution in [3.8, 4) is 0 Å². The van der Waals surface area contributed by atoms with Crippen molar-refractivity contribution in [1.82, 2.24) is 0 Å². The third-order valence-corrected chi connectivity index (χ3v) is 4.35. The van der Waals surface area contributed by atoms with Crippen LogP contribution in [0.15, 0.2) is 91.0 Å². The average Bonchev–Trinajstić information content (AvgIpc) is 2.72. The molecule has 3 rings (SSSR count). The van der Waals surface area contributed by atoms with Gasteiger partial charge in [-0.2, -0.15) is 0 Å². The Kier molecular flexibility index (Phi) is 5.90. The minimum Gasteiger partial charge on any atom is -0.294 e. The van der Waals surface area contributed by atoms with Crippen molar-refractivity contribution < 1.29 is 9.72 Å². The minimum atomic E-state index is -0.423. The van der Waals surface area contributed by atoms with Gasteiger partial charge in [-0.25, -0.2) is 0 Å². The van der Waals surface area contributed by atoms with Gasteiger partial charge in [-0.3, -0.25) is 14.9 Å². The van der Waals surface area contributed by atoms with E-state index in [0.29, 0.717) is 12.0 Å². The fourth-order valence-electron chi connectivity index (χ4n) is 2.87. The third-order valence-electron chi connectivity index (χ3n) is 4.35. The number of nitro groups is 1. The second-order valence-corrected chi connectivity index (χ2v) is 6.22. The Labute approximate surface area is 157 Å². The number of nitro benzene ring substituents is 1. The standard InChI is InChI=1S/C23H19NO3/c25-23(20-9-5-2-6-10-20)17-21(12-11-18-7-3-1-4-8-18)19-13-15-22(16-14-19)24(26)27/h1-16,21H,17H2/b12-11+. The second kappa shape index (κ2) is 8.72. The van der Waals surface area contributed by atoms with E-state index in [0.717, 1.165) is 11.1 Å². The van der Waals surface area contributed by atoms with Crippen molar-refractivity contribution >= 4 is 17.5 Å². The molecular weight excluding hydrogens is 338 g/mol. The van der Waals surface area contributed by atoms with Crippen LogP contribution in [0.3, 0.4) is 0 Å². The van der Waals surface area contributed by atoms with E-state index in [-0.39, 0.29) is 17.4 Å². The lowest BCUT2D eigenvalue weighted by molar-refractivity contribution is -0.384. The van der Waals surface area contributed by atoms with Crippen molar-refractivity contribution in [2.75, 3.05) is 0 Å². The van der Waals surface area contributed by atoms with E-state index >= 15 is 0 Å². The number of nitrogens with zero attached hydrogens (tertiary/aromatic N) is 1. The number of Topliss-reactive ketones (excluding diaryl/α,β-unsaturated/α-hetero) is 1. The van der Waals surface area contributed by atoms with Crippen LogP contribution in [0.1, 0.15) is 33.8 Å². The van der Waals surface area contributed by atoms with Gasteiger partial charge in [-0.05, 0) is 11.1 Å². The molecule has 0 fully saturated rings. The normalized spacial score (nSPS) is 12.0. The topological polar surface area (TPSA) is 60.2 Å². The van der Waals surface area contributed by atoms with Crippen molar-refractivity contribution in [2.45, 2.75) is 12.3 Å². The number of hydrogen-bond acceptors (Lipinski definition) is 3. The summed E-state index contributed by atoms with van der Waals surface area (Å²) in [5.74, 6) is -0.129. The summed E-state index contributed by atoms with van der Waals surface area (Å²) < 4.78 is 0. The Bertz CT molecular complexity index is 932. The van der Waals surface area contributed by atoms with E-state index in [9.17, 15) is 14.9 Å². The maximum absolute atomic E-state index is 12.7. The number of rotatable bonds is 7. The Morgan fingerprint density at radius 2 is 1.48 bits per heavy atom. The molecule has 0 aromatic heterocycles. The molecule has 0 aliphatic heterocycles. The molecule has 0 spiro atoms. The van der Waals surface area contributed by atoms with Gasteiger partial charge in [0, 0.05) is 30.0 Å². The zero-order chi connectivity index (χ0) is 19.1. The van der Waals surface area contributed by atoms with Crippen molar-refractivity contribution in [1.29, 1.82) is 0 Å². The lowest BCUT2D eigenvalue weighted by Crippen LogP contribution is -2.06. The van der Waals surface area contributed by atoms with Crippen LogP contribution in [0.25, 0.3) is 6.08 Å². The van der Waals surface area contributed by atoms with Crippen LogP contribution in [0, 0.1) is 10.1 Å². The first-order valence-corrected chi connectivity index (χ1v) is 8.69. The Morgan fingerprint density at radius 3 is 2.07 bits per heavy atom. The van der Waals surface area contributed by atoms with E-state index in [1.807, 2.05) is 60.7 Å². The van der Waals surface area contributed by atoms with Gasteiger partial charge in [0.25, 0.3) is 5.69 Å². The van der Waals surface area contributed by atoms with Gasteiger partial charge in [0.05, 0.1) is 4.92 Å². The molecule has 3 aromatic rings. The molecule has 134 valence electrons. The number of allylic oxidation sites excluding steroid dienone is 1. The van der Waals surface area contributed by atoms with E-state index < -0.39 is 4.92 Å². The Hall–Kier alpha value is -3.53. The van der Waals surface area contributed by atoms with Crippen LogP contribution in [-0.4, -0.2) is 10.7 Å². The number of carbonyl (C=O) groups is 1. The molecule has 0 saturated heterocycles. The van der Waals surface area contributed by atoms with Gasteiger partial charge >= 0.3 is 0 Å². The molecule has 1 unspecified atom stereocenters. The Morgan fingerprint density at radius 1 is 0.889 bits per heavy atom. The lowest BCUT2D eigenvalue weighted by Gasteiger charge is -2.13. The number of hydrogen-bond donors (Lipinski definition) is 0. The lowest BCUT2D eigenvalue weighted by atomic mass is 9.90. The summed E-state index contributed by atoms with van der Waals surface area (Å²) in [7, 11) is 0. The molecule has 1 atom stereocenters. The van der Waals surface area contributed by atoms with Crippen LogP contribution in [-0.2, 0) is 0 Å². The first-order chi connectivity index (χ1) is 13.1. The van der Waals surface area contributed by atoms with Crippen LogP contribution < -0.4 is 0 Å². The van der Waals surface area contributed by atoms with E-state index in [1.54, 1.807) is 24.3 Å². The smallest absolute Gasteiger partial charge is 0.269 e. The maximum Gasteiger partial charge on any atom is 0.269 e. The highest BCUT2D eigenvalue weighted by molar-refractivity contribution is 5.96. The summed E-state index contributed by atoms with van der Waals surface area (Å²) >= 11 is 0. The predicted octanol–water partition coefficient (Wildman–Crippen LogP) is 5.66. The van der Waals surface area contributed by atoms with Crippen molar-refractivity contribution in [2.24, 2.45) is 0 Å². The van der Waals surface area contributed by atoms with Gasteiger partial charge < -0.3 is 0 Å². The summed E-state index contributed by atoms with van der Waals surface area (Å²) in [6, 6.07) is 25.4. The first kappa shape index (κ1) is 18.3. The molecule has 0 heterocycles. The fourth-order valence-corrected chi connectivity index (χ4v) is 2.87. The quantitative estimate of drug-likeness (QED) is 0.311. The van der Waals surface area contributed by atoms with Crippen molar-refractivity contribution in [3.05, 3.63) is 118 Å². The SMILES string of the molecule is O=C(CC(/C=C/c1ccccc1)c1ccc([N+](=O)[O-])cc1)c1ccccc1. The van der Waals surface area contributed by atoms with Crippen LogP contribution >= 0.6 is 0 Å². The largest absolute Gasteiger partial charge is 0.294 e. The van der Waals surface area contributed by atoms with E-state index in [2.05, 4.69) is 0 Å². The molecule has 0 aliphatic carbocycles. The number of benzene rings is 3. The van der Waals surface area contributed by atoms with Gasteiger partial charge in [-0.15, -0.1) is 0 Å². The molecule has 0 radical (unpaired) electrons. The summed E-state index contributed by atoms with van der Waals surface area (Å²) in [4.78, 5) is 23.1. The van der Waals surface area contributed by atoms with Crippen LogP contribution in [0.5, 0.6) is 0 Å². The first-order valence-electron chi connectivity index (χ1n) is 8.69. The molecule has 0 aliphatic rings. The van der Waals surface area contributed by atoms with Crippen LogP contribution in [0.4, 0.5) is 5.69 Å². The summed E-state index contributed by atoms with van der Waals surface area (Å²) in [5.41, 5.74) is 2.62. The summed E-state index contributed by atoms with van der Waals surface area (Å²) in [6.45, 7) is 0. The summed E-state index contributed by atoms with van der Waals surface area (Å²) in [6.07, 6.45) is 4.26. The molecule has 4 heteroatoms. The monoisotopic (exact) mass is 357 g/mol. The van der Waals surface area contributed by atoms with E-state index in [1.165, 1.54) is 12.1 Å². The van der Waals surface area contributed by atoms with Crippen LogP contribution in [0.2, 0.25) is 0 Å². The maximum atomic E-state index is 12.7. The zero-order valence-electron chi connectivity index (χ0n) is 14.7. The van der Waals surface area contributed by atoms with Gasteiger partial charge in [0.15, 0.2) is 5.78 Å². The second-order valence-electron chi connectivity index (χ2n) is 6.22. The third kappa shape index (κ3) is 4.98. The number of non-ortho nitro benzene ring substituents is 1. The molecule has 0 N–H and O–H groups in total.